The molecule has 9 nitrogen and oxygen atoms in total. The van der Waals surface area contributed by atoms with Crippen LogP contribution in [0.3, 0.4) is 0 Å². The summed E-state index contributed by atoms with van der Waals surface area (Å²) in [5.41, 5.74) is 8.82. The van der Waals surface area contributed by atoms with Crippen LogP contribution in [-0.4, -0.2) is 30.2 Å². The Balaban J connectivity index is 1.92. The molecule has 1 atom stereocenters. The lowest BCUT2D eigenvalue weighted by Gasteiger charge is -2.23. The van der Waals surface area contributed by atoms with Gasteiger partial charge in [-0.25, -0.2) is 4.99 Å². The van der Waals surface area contributed by atoms with Gasteiger partial charge < -0.3 is 15.2 Å². The second-order valence-corrected chi connectivity index (χ2v) is 6.27. The van der Waals surface area contributed by atoms with Crippen molar-refractivity contribution in [1.82, 2.24) is 10.9 Å². The molecule has 0 radical (unpaired) electrons. The van der Waals surface area contributed by atoms with Crippen molar-refractivity contribution in [3.8, 4) is 17.9 Å². The lowest BCUT2D eigenvalue weighted by molar-refractivity contribution is 0.190. The Hall–Kier alpha value is -4.18. The maximum Gasteiger partial charge on any atom is 0.239 e. The molecule has 4 N–H and O–H groups in total. The van der Waals surface area contributed by atoms with Gasteiger partial charge in [-0.15, -0.1) is 0 Å². The normalized spacial score (nSPS) is 17.0. The van der Waals surface area contributed by atoms with Gasteiger partial charge >= 0.3 is 0 Å². The summed E-state index contributed by atoms with van der Waals surface area (Å²) in [6.07, 6.45) is 1.99. The number of ether oxygens (including phenoxy) is 1. The number of anilines is 1. The summed E-state index contributed by atoms with van der Waals surface area (Å²) >= 11 is 0. The second kappa shape index (κ2) is 9.34. The number of rotatable bonds is 4. The van der Waals surface area contributed by atoms with Gasteiger partial charge in [0, 0.05) is 11.8 Å². The number of nitriles is 2. The predicted molar refractivity (Wildman–Crippen MR) is 114 cm³/mol. The Kier molecular flexibility index (Phi) is 6.40. The summed E-state index contributed by atoms with van der Waals surface area (Å²) in [5, 5.41) is 30.8. The number of hydrogen-bond acceptors (Lipinski definition) is 7. The van der Waals surface area contributed by atoms with Crippen LogP contribution in [0, 0.1) is 29.6 Å². The number of allylic oxidation sites excluding steroid dienone is 1. The predicted octanol–water partition coefficient (Wildman–Crippen LogP) is 2.34. The number of aryl methyl sites for hydroxylation is 1. The first-order chi connectivity index (χ1) is 14.5. The SMILES string of the molecule is COc1cc(/C=C/C#N)cc(C)c1N=C1N=C(Nc2ccc(C#N)cc2)[C@H](O)NN1. The third-order valence-electron chi connectivity index (χ3n) is 4.17. The highest BCUT2D eigenvalue weighted by molar-refractivity contribution is 6.07. The molecule has 9 heteroatoms. The van der Waals surface area contributed by atoms with Gasteiger partial charge in [0.2, 0.25) is 5.96 Å². The molecule has 0 spiro atoms. The number of methoxy groups -OCH3 is 1. The summed E-state index contributed by atoms with van der Waals surface area (Å²) < 4.78 is 5.44. The summed E-state index contributed by atoms with van der Waals surface area (Å²) in [6, 6.07) is 14.4. The molecule has 0 fully saturated rings. The molecule has 0 aliphatic carbocycles. The standard InChI is InChI=1S/C21H19N7O2/c1-13-10-15(4-3-9-22)11-17(30-2)18(13)25-21-26-19(20(29)27-28-21)24-16-7-5-14(12-23)6-8-16/h3-8,10-11,20,27,29H,1-2H3,(H2,24,25,26,28)/b4-3+/t20-/m0/s1. The van der Waals surface area contributed by atoms with Crippen LogP contribution >= 0.6 is 0 Å². The molecule has 3 rings (SSSR count). The van der Waals surface area contributed by atoms with Gasteiger partial charge in [-0.2, -0.15) is 20.9 Å². The molecule has 0 saturated heterocycles. The molecule has 1 heterocycles. The molecule has 0 aromatic heterocycles. The number of amidine groups is 1. The van der Waals surface area contributed by atoms with Gasteiger partial charge in [0.05, 0.1) is 24.8 Å². The summed E-state index contributed by atoms with van der Waals surface area (Å²) in [6.45, 7) is 1.87. The third kappa shape index (κ3) is 4.80. The summed E-state index contributed by atoms with van der Waals surface area (Å²) in [4.78, 5) is 8.85. The molecule has 0 unspecified atom stereocenters. The Bertz CT molecular complexity index is 1110. The minimum Gasteiger partial charge on any atom is -0.494 e. The fourth-order valence-corrected chi connectivity index (χ4v) is 2.74. The van der Waals surface area contributed by atoms with Crippen LogP contribution in [-0.2, 0) is 0 Å². The zero-order chi connectivity index (χ0) is 21.5. The third-order valence-corrected chi connectivity index (χ3v) is 4.17. The Morgan fingerprint density at radius 2 is 2.03 bits per heavy atom. The van der Waals surface area contributed by atoms with Crippen LogP contribution < -0.4 is 20.9 Å². The average Bonchev–Trinajstić information content (AvgIpc) is 2.76. The molecule has 0 saturated carbocycles. The summed E-state index contributed by atoms with van der Waals surface area (Å²) in [5.74, 6) is 0.977. The maximum absolute atomic E-state index is 10.2. The van der Waals surface area contributed by atoms with E-state index in [1.807, 2.05) is 19.1 Å². The van der Waals surface area contributed by atoms with E-state index in [4.69, 9.17) is 15.3 Å². The van der Waals surface area contributed by atoms with Gasteiger partial charge in [0.25, 0.3) is 0 Å². The van der Waals surface area contributed by atoms with E-state index in [9.17, 15) is 5.11 Å². The van der Waals surface area contributed by atoms with Crippen molar-refractivity contribution in [2.75, 3.05) is 12.4 Å². The largest absolute Gasteiger partial charge is 0.494 e. The number of hydrazine groups is 1. The minimum atomic E-state index is -1.08. The summed E-state index contributed by atoms with van der Waals surface area (Å²) in [7, 11) is 1.54. The van der Waals surface area contributed by atoms with Gasteiger partial charge in [-0.05, 0) is 60.5 Å². The van der Waals surface area contributed by atoms with Gasteiger partial charge in [-0.3, -0.25) is 5.43 Å². The molecule has 150 valence electrons. The molecule has 2 aromatic carbocycles. The minimum absolute atomic E-state index is 0.221. The first kappa shape index (κ1) is 20.6. The van der Waals surface area contributed by atoms with Crippen molar-refractivity contribution in [3.63, 3.8) is 0 Å². The highest BCUT2D eigenvalue weighted by Crippen LogP contribution is 2.33. The Morgan fingerprint density at radius 3 is 2.70 bits per heavy atom. The van der Waals surface area contributed by atoms with Crippen molar-refractivity contribution < 1.29 is 9.84 Å². The number of aliphatic hydroxyl groups excluding tert-OH is 1. The van der Waals surface area contributed by atoms with E-state index in [1.165, 1.54) is 13.2 Å². The number of aliphatic imine (C=N–C) groups is 2. The van der Waals surface area contributed by atoms with Crippen molar-refractivity contribution in [1.29, 1.82) is 10.5 Å². The first-order valence-electron chi connectivity index (χ1n) is 8.93. The van der Waals surface area contributed by atoms with Crippen molar-refractivity contribution in [2.45, 2.75) is 13.2 Å². The number of hydrogen-bond donors (Lipinski definition) is 4. The number of benzene rings is 2. The molecule has 0 bridgehead atoms. The van der Waals surface area contributed by atoms with Gasteiger partial charge in [-0.1, -0.05) is 0 Å². The van der Waals surface area contributed by atoms with E-state index in [2.05, 4.69) is 32.2 Å². The zero-order valence-corrected chi connectivity index (χ0v) is 16.3. The first-order valence-corrected chi connectivity index (χ1v) is 8.93. The number of nitrogens with zero attached hydrogens (tertiary/aromatic N) is 4. The number of nitrogens with one attached hydrogen (secondary N) is 3. The quantitative estimate of drug-likeness (QED) is 0.577. The molecule has 0 amide bonds. The Morgan fingerprint density at radius 1 is 1.27 bits per heavy atom. The van der Waals surface area contributed by atoms with Gasteiger partial charge in [0.15, 0.2) is 12.1 Å². The fraction of sp³-hybridized carbons (Fsp3) is 0.143. The molecular weight excluding hydrogens is 382 g/mol. The van der Waals surface area contributed by atoms with Crippen molar-refractivity contribution in [2.24, 2.45) is 9.98 Å². The van der Waals surface area contributed by atoms with E-state index in [1.54, 1.807) is 36.4 Å². The van der Waals surface area contributed by atoms with E-state index >= 15 is 0 Å². The molecule has 30 heavy (non-hydrogen) atoms. The number of aliphatic hydroxyl groups is 1. The van der Waals surface area contributed by atoms with Crippen LogP contribution in [0.25, 0.3) is 6.08 Å². The van der Waals surface area contributed by atoms with Crippen LogP contribution in [0.4, 0.5) is 11.4 Å². The highest BCUT2D eigenvalue weighted by Gasteiger charge is 2.20. The number of guanidine groups is 1. The Labute approximate surface area is 173 Å². The zero-order valence-electron chi connectivity index (χ0n) is 16.3. The highest BCUT2D eigenvalue weighted by atomic mass is 16.5. The van der Waals surface area contributed by atoms with Crippen molar-refractivity contribution >= 4 is 29.2 Å². The van der Waals surface area contributed by atoms with Crippen LogP contribution in [0.2, 0.25) is 0 Å². The molecular formula is C21H19N7O2. The van der Waals surface area contributed by atoms with E-state index < -0.39 is 6.23 Å². The average molecular weight is 401 g/mol. The van der Waals surface area contributed by atoms with Crippen LogP contribution in [0.5, 0.6) is 5.75 Å². The molecule has 1 aliphatic rings. The monoisotopic (exact) mass is 401 g/mol. The van der Waals surface area contributed by atoms with E-state index in [0.717, 1.165) is 11.1 Å². The van der Waals surface area contributed by atoms with E-state index in [-0.39, 0.29) is 11.8 Å². The maximum atomic E-state index is 10.2. The molecule has 1 aliphatic heterocycles. The molecule has 2 aromatic rings. The lowest BCUT2D eigenvalue weighted by Crippen LogP contribution is -2.54. The smallest absolute Gasteiger partial charge is 0.239 e. The van der Waals surface area contributed by atoms with Crippen molar-refractivity contribution in [3.05, 3.63) is 59.2 Å². The van der Waals surface area contributed by atoms with Gasteiger partial charge in [0.1, 0.15) is 11.4 Å². The van der Waals surface area contributed by atoms with Crippen LogP contribution in [0.1, 0.15) is 16.7 Å². The fourth-order valence-electron chi connectivity index (χ4n) is 2.74. The topological polar surface area (TPSA) is 138 Å². The van der Waals surface area contributed by atoms with E-state index in [0.29, 0.717) is 22.7 Å². The lowest BCUT2D eigenvalue weighted by atomic mass is 10.1. The second-order valence-electron chi connectivity index (χ2n) is 6.27. The van der Waals surface area contributed by atoms with Crippen LogP contribution in [0.15, 0.2) is 52.5 Å².